The zero-order chi connectivity index (χ0) is 11.8. The lowest BCUT2D eigenvalue weighted by Crippen LogP contribution is -2.04. The summed E-state index contributed by atoms with van der Waals surface area (Å²) in [6, 6.07) is 5.04. The third-order valence-electron chi connectivity index (χ3n) is 2.05. The molecule has 1 aromatic heterocycles. The minimum Gasteiger partial charge on any atom is -0.382 e. The summed E-state index contributed by atoms with van der Waals surface area (Å²) in [6.45, 7) is 0. The summed E-state index contributed by atoms with van der Waals surface area (Å²) < 4.78 is 37.4. The first-order chi connectivity index (χ1) is 7.48. The van der Waals surface area contributed by atoms with Gasteiger partial charge in [0.1, 0.15) is 5.82 Å². The molecule has 0 radical (unpaired) electrons. The second-order valence-electron chi connectivity index (χ2n) is 3.15. The lowest BCUT2D eigenvalue weighted by molar-refractivity contribution is -0.137. The first-order valence-electron chi connectivity index (χ1n) is 4.35. The van der Waals surface area contributed by atoms with Crippen LogP contribution in [0.15, 0.2) is 29.8 Å². The molecule has 2 rings (SSSR count). The van der Waals surface area contributed by atoms with E-state index < -0.39 is 11.7 Å². The van der Waals surface area contributed by atoms with Crippen LogP contribution in [0.3, 0.4) is 0 Å². The van der Waals surface area contributed by atoms with Crippen molar-refractivity contribution in [3.63, 3.8) is 0 Å². The maximum Gasteiger partial charge on any atom is 0.416 e. The van der Waals surface area contributed by atoms with Crippen LogP contribution in [0, 0.1) is 0 Å². The molecule has 16 heavy (non-hydrogen) atoms. The molecule has 0 saturated carbocycles. The largest absolute Gasteiger partial charge is 0.416 e. The molecule has 0 aliphatic carbocycles. The number of nitrogens with two attached hydrogens (primary N) is 1. The van der Waals surface area contributed by atoms with Crippen molar-refractivity contribution in [1.82, 2.24) is 4.98 Å². The van der Waals surface area contributed by atoms with Crippen LogP contribution in [0.1, 0.15) is 5.56 Å². The molecular weight excluding hydrogens is 237 g/mol. The predicted molar refractivity (Wildman–Crippen MR) is 57.0 cm³/mol. The third-order valence-corrected chi connectivity index (χ3v) is 2.94. The fraction of sp³-hybridized carbons (Fsp3) is 0.100. The van der Waals surface area contributed by atoms with Crippen molar-refractivity contribution in [2.45, 2.75) is 6.18 Å². The Hall–Kier alpha value is -1.56. The van der Waals surface area contributed by atoms with E-state index >= 15 is 0 Å². The number of hydrogen-bond donors (Lipinski definition) is 1. The average Bonchev–Trinajstić information content (AvgIpc) is 2.63. The molecule has 2 nitrogen and oxygen atoms in total. The highest BCUT2D eigenvalue weighted by atomic mass is 32.1. The Morgan fingerprint density at radius 2 is 2.00 bits per heavy atom. The maximum absolute atomic E-state index is 12.5. The number of nitrogen functional groups attached to an aromatic ring is 1. The zero-order valence-corrected chi connectivity index (χ0v) is 8.77. The molecule has 0 unspecified atom stereocenters. The van der Waals surface area contributed by atoms with Gasteiger partial charge < -0.3 is 5.73 Å². The first-order valence-corrected chi connectivity index (χ1v) is 5.23. The van der Waals surface area contributed by atoms with Gasteiger partial charge in [0, 0.05) is 0 Å². The molecule has 2 aromatic rings. The highest BCUT2D eigenvalue weighted by Crippen LogP contribution is 2.35. The van der Waals surface area contributed by atoms with Crippen LogP contribution in [-0.4, -0.2) is 4.98 Å². The lowest BCUT2D eigenvalue weighted by Gasteiger charge is -2.07. The fourth-order valence-corrected chi connectivity index (χ4v) is 2.02. The van der Waals surface area contributed by atoms with Crippen LogP contribution in [-0.2, 0) is 6.18 Å². The number of halogens is 3. The van der Waals surface area contributed by atoms with Crippen LogP contribution in [0.5, 0.6) is 0 Å². The Morgan fingerprint density at radius 1 is 1.25 bits per heavy atom. The van der Waals surface area contributed by atoms with E-state index in [9.17, 15) is 13.2 Å². The molecule has 2 N–H and O–H groups in total. The molecule has 6 heteroatoms. The Balaban J connectivity index is 2.49. The third kappa shape index (κ3) is 2.01. The molecule has 0 aliphatic rings. The molecule has 1 heterocycles. The number of nitrogens with zero attached hydrogens (tertiary/aromatic N) is 1. The van der Waals surface area contributed by atoms with Gasteiger partial charge in [0.05, 0.1) is 16.0 Å². The van der Waals surface area contributed by atoms with Crippen molar-refractivity contribution in [2.75, 3.05) is 5.73 Å². The molecule has 0 saturated heterocycles. The van der Waals surface area contributed by atoms with Gasteiger partial charge in [0.2, 0.25) is 0 Å². The van der Waals surface area contributed by atoms with Gasteiger partial charge in [-0.3, -0.25) is 0 Å². The van der Waals surface area contributed by atoms with E-state index in [-0.39, 0.29) is 5.82 Å². The highest BCUT2D eigenvalue weighted by Gasteiger charge is 2.30. The normalized spacial score (nSPS) is 11.7. The molecule has 0 amide bonds. The number of anilines is 1. The van der Waals surface area contributed by atoms with Gasteiger partial charge >= 0.3 is 6.18 Å². The van der Waals surface area contributed by atoms with Crippen LogP contribution in [0.4, 0.5) is 19.0 Å². The smallest absolute Gasteiger partial charge is 0.382 e. The van der Waals surface area contributed by atoms with E-state index in [4.69, 9.17) is 5.73 Å². The molecule has 0 fully saturated rings. The Morgan fingerprint density at radius 3 is 2.56 bits per heavy atom. The molecule has 1 aromatic carbocycles. The van der Waals surface area contributed by atoms with E-state index in [0.717, 1.165) is 12.1 Å². The predicted octanol–water partition coefficient (Wildman–Crippen LogP) is 3.41. The second-order valence-corrected chi connectivity index (χ2v) is 4.00. The van der Waals surface area contributed by atoms with E-state index in [1.807, 2.05) is 0 Å². The molecule has 84 valence electrons. The molecule has 0 aliphatic heterocycles. The van der Waals surface area contributed by atoms with Crippen molar-refractivity contribution in [3.8, 4) is 10.4 Å². The lowest BCUT2D eigenvalue weighted by atomic mass is 10.1. The molecule has 0 bridgehead atoms. The SMILES string of the molecule is Nc1ncsc1-c1cccc(C(F)(F)F)c1. The van der Waals surface area contributed by atoms with Crippen LogP contribution in [0.25, 0.3) is 10.4 Å². The van der Waals surface area contributed by atoms with Gasteiger partial charge in [0.15, 0.2) is 0 Å². The number of aromatic nitrogens is 1. The minimum atomic E-state index is -4.34. The summed E-state index contributed by atoms with van der Waals surface area (Å²) in [5.41, 5.74) is 6.81. The average molecular weight is 244 g/mol. The van der Waals surface area contributed by atoms with Crippen molar-refractivity contribution in [1.29, 1.82) is 0 Å². The zero-order valence-electron chi connectivity index (χ0n) is 7.95. The molecule has 0 atom stereocenters. The summed E-state index contributed by atoms with van der Waals surface area (Å²) in [5.74, 6) is 0.254. The highest BCUT2D eigenvalue weighted by molar-refractivity contribution is 7.13. The van der Waals surface area contributed by atoms with Gasteiger partial charge in [-0.15, -0.1) is 11.3 Å². The van der Waals surface area contributed by atoms with E-state index in [1.54, 1.807) is 6.07 Å². The Bertz CT molecular complexity index is 505. The number of benzene rings is 1. The Labute approximate surface area is 93.5 Å². The van der Waals surface area contributed by atoms with E-state index in [1.165, 1.54) is 22.9 Å². The molecular formula is C10H7F3N2S. The summed E-state index contributed by atoms with van der Waals surface area (Å²) in [6.07, 6.45) is -4.34. The van der Waals surface area contributed by atoms with Gasteiger partial charge in [0.25, 0.3) is 0 Å². The summed E-state index contributed by atoms with van der Waals surface area (Å²) in [7, 11) is 0. The van der Waals surface area contributed by atoms with Crippen molar-refractivity contribution >= 4 is 17.2 Å². The van der Waals surface area contributed by atoms with Crippen molar-refractivity contribution in [2.24, 2.45) is 0 Å². The van der Waals surface area contributed by atoms with Crippen LogP contribution < -0.4 is 5.73 Å². The van der Waals surface area contributed by atoms with Crippen molar-refractivity contribution in [3.05, 3.63) is 35.3 Å². The van der Waals surface area contributed by atoms with Crippen LogP contribution >= 0.6 is 11.3 Å². The first kappa shape index (κ1) is 10.9. The van der Waals surface area contributed by atoms with Gasteiger partial charge in [-0.05, 0) is 17.7 Å². The van der Waals surface area contributed by atoms with Crippen LogP contribution in [0.2, 0.25) is 0 Å². The van der Waals surface area contributed by atoms with Gasteiger partial charge in [-0.2, -0.15) is 13.2 Å². The fourth-order valence-electron chi connectivity index (χ4n) is 1.31. The van der Waals surface area contributed by atoms with Gasteiger partial charge in [-0.1, -0.05) is 12.1 Å². The van der Waals surface area contributed by atoms with E-state index in [0.29, 0.717) is 10.4 Å². The monoisotopic (exact) mass is 244 g/mol. The maximum atomic E-state index is 12.5. The summed E-state index contributed by atoms with van der Waals surface area (Å²) >= 11 is 1.22. The standard InChI is InChI=1S/C10H7F3N2S/c11-10(12,13)7-3-1-2-6(4-7)8-9(14)15-5-16-8/h1-5H,14H2. The summed E-state index contributed by atoms with van der Waals surface area (Å²) in [4.78, 5) is 4.36. The Kier molecular flexibility index (Phi) is 2.59. The second kappa shape index (κ2) is 3.79. The summed E-state index contributed by atoms with van der Waals surface area (Å²) in [5, 5.41) is 0. The number of alkyl halides is 3. The van der Waals surface area contributed by atoms with Crippen molar-refractivity contribution < 1.29 is 13.2 Å². The minimum absolute atomic E-state index is 0.254. The van der Waals surface area contributed by atoms with Gasteiger partial charge in [-0.25, -0.2) is 4.98 Å². The quantitative estimate of drug-likeness (QED) is 0.834. The molecule has 0 spiro atoms. The number of rotatable bonds is 1. The topological polar surface area (TPSA) is 38.9 Å². The van der Waals surface area contributed by atoms with E-state index in [2.05, 4.69) is 4.98 Å². The number of hydrogen-bond acceptors (Lipinski definition) is 3. The number of thiazole rings is 1.